The number of aromatic nitrogens is 1. The van der Waals surface area contributed by atoms with Crippen LogP contribution in [0.2, 0.25) is 0 Å². The van der Waals surface area contributed by atoms with E-state index in [0.29, 0.717) is 11.4 Å². The number of pyridine rings is 1. The van der Waals surface area contributed by atoms with Gasteiger partial charge in [-0.2, -0.15) is 0 Å². The Morgan fingerprint density at radius 2 is 1.89 bits per heavy atom. The molecule has 2 nitrogen and oxygen atoms in total. The van der Waals surface area contributed by atoms with E-state index in [1.54, 1.807) is 0 Å². The highest BCUT2D eigenvalue weighted by molar-refractivity contribution is 7.99. The average molecular weight is 280 g/mol. The smallest absolute Gasteiger partial charge is 0.159 e. The molecule has 0 atom stereocenters. The Morgan fingerprint density at radius 1 is 1.16 bits per heavy atom. The molecule has 0 amide bonds. The third-order valence-corrected chi connectivity index (χ3v) is 3.77. The summed E-state index contributed by atoms with van der Waals surface area (Å²) >= 11 is 1.29. The number of aryl methyl sites for hydroxylation is 2. The Bertz CT molecular complexity index is 615. The molecule has 1 aromatic heterocycles. The van der Waals surface area contributed by atoms with E-state index in [1.807, 2.05) is 19.9 Å². The van der Waals surface area contributed by atoms with Gasteiger partial charge in [0.05, 0.1) is 0 Å². The van der Waals surface area contributed by atoms with Crippen molar-refractivity contribution in [3.8, 4) is 0 Å². The van der Waals surface area contributed by atoms with E-state index in [1.165, 1.54) is 23.9 Å². The van der Waals surface area contributed by atoms with Gasteiger partial charge in [-0.05, 0) is 43.7 Å². The number of halogens is 2. The quantitative estimate of drug-likeness (QED) is 0.934. The van der Waals surface area contributed by atoms with Gasteiger partial charge in [-0.1, -0.05) is 11.8 Å². The molecule has 0 aliphatic heterocycles. The molecular formula is C14H14F2N2S. The molecule has 0 aliphatic carbocycles. The van der Waals surface area contributed by atoms with Crippen LogP contribution < -0.4 is 5.73 Å². The van der Waals surface area contributed by atoms with Gasteiger partial charge < -0.3 is 5.73 Å². The van der Waals surface area contributed by atoms with Crippen LogP contribution in [0.5, 0.6) is 0 Å². The Kier molecular flexibility index (Phi) is 4.17. The van der Waals surface area contributed by atoms with Crippen molar-refractivity contribution >= 4 is 11.8 Å². The molecule has 5 heteroatoms. The molecule has 0 saturated heterocycles. The van der Waals surface area contributed by atoms with Crippen molar-refractivity contribution in [3.05, 3.63) is 52.7 Å². The van der Waals surface area contributed by atoms with E-state index in [2.05, 4.69) is 4.98 Å². The van der Waals surface area contributed by atoms with E-state index < -0.39 is 11.6 Å². The third-order valence-electron chi connectivity index (χ3n) is 2.75. The number of rotatable bonds is 3. The molecule has 0 spiro atoms. The zero-order chi connectivity index (χ0) is 14.0. The Labute approximate surface area is 115 Å². The topological polar surface area (TPSA) is 38.9 Å². The fourth-order valence-corrected chi connectivity index (χ4v) is 2.89. The largest absolute Gasteiger partial charge is 0.326 e. The lowest BCUT2D eigenvalue weighted by molar-refractivity contribution is 0.506. The first-order valence-electron chi connectivity index (χ1n) is 5.81. The molecule has 0 bridgehead atoms. The van der Waals surface area contributed by atoms with Crippen LogP contribution in [-0.2, 0) is 6.54 Å². The fraction of sp³-hybridized carbons (Fsp3) is 0.214. The first kappa shape index (κ1) is 14.0. The predicted molar refractivity (Wildman–Crippen MR) is 72.1 cm³/mol. The van der Waals surface area contributed by atoms with Gasteiger partial charge in [0.2, 0.25) is 0 Å². The highest BCUT2D eigenvalue weighted by Crippen LogP contribution is 2.31. The highest BCUT2D eigenvalue weighted by atomic mass is 32.2. The maximum atomic E-state index is 13.2. The molecule has 0 aliphatic rings. The number of nitrogens with two attached hydrogens (primary N) is 1. The van der Waals surface area contributed by atoms with Gasteiger partial charge in [0.1, 0.15) is 5.03 Å². The van der Waals surface area contributed by atoms with Gasteiger partial charge in [0.15, 0.2) is 11.6 Å². The minimum Gasteiger partial charge on any atom is -0.326 e. The van der Waals surface area contributed by atoms with Crippen molar-refractivity contribution in [1.29, 1.82) is 0 Å². The molecule has 0 radical (unpaired) electrons. The maximum Gasteiger partial charge on any atom is 0.159 e. The normalized spacial score (nSPS) is 10.8. The van der Waals surface area contributed by atoms with Crippen LogP contribution in [0.4, 0.5) is 8.78 Å². The number of hydrogen-bond donors (Lipinski definition) is 1. The molecule has 2 N–H and O–H groups in total. The van der Waals surface area contributed by atoms with Gasteiger partial charge in [-0.3, -0.25) is 0 Å². The SMILES string of the molecule is Cc1cc(C)c(CN)c(Sc2ccc(F)c(F)c2)n1. The first-order valence-corrected chi connectivity index (χ1v) is 6.63. The second-order valence-electron chi connectivity index (χ2n) is 4.25. The zero-order valence-corrected chi connectivity index (χ0v) is 11.5. The molecular weight excluding hydrogens is 266 g/mol. The summed E-state index contributed by atoms with van der Waals surface area (Å²) in [6.45, 7) is 4.22. The summed E-state index contributed by atoms with van der Waals surface area (Å²) in [5, 5.41) is 0.742. The van der Waals surface area contributed by atoms with Crippen LogP contribution in [0.3, 0.4) is 0 Å². The molecule has 1 heterocycles. The van der Waals surface area contributed by atoms with Crippen LogP contribution >= 0.6 is 11.8 Å². The Balaban J connectivity index is 2.39. The summed E-state index contributed by atoms with van der Waals surface area (Å²) in [6.07, 6.45) is 0. The van der Waals surface area contributed by atoms with Crippen molar-refractivity contribution in [3.63, 3.8) is 0 Å². The van der Waals surface area contributed by atoms with Crippen LogP contribution in [0, 0.1) is 25.5 Å². The number of nitrogens with zero attached hydrogens (tertiary/aromatic N) is 1. The molecule has 19 heavy (non-hydrogen) atoms. The summed E-state index contributed by atoms with van der Waals surface area (Å²) in [5.41, 5.74) is 8.58. The minimum absolute atomic E-state index is 0.366. The Morgan fingerprint density at radius 3 is 2.53 bits per heavy atom. The second-order valence-corrected chi connectivity index (χ2v) is 5.31. The molecule has 2 rings (SSSR count). The summed E-state index contributed by atoms with van der Waals surface area (Å²) in [4.78, 5) is 5.02. The van der Waals surface area contributed by atoms with E-state index in [-0.39, 0.29) is 0 Å². The monoisotopic (exact) mass is 280 g/mol. The van der Waals surface area contributed by atoms with Gasteiger partial charge in [-0.25, -0.2) is 13.8 Å². The lowest BCUT2D eigenvalue weighted by Crippen LogP contribution is -2.04. The summed E-state index contributed by atoms with van der Waals surface area (Å²) in [6, 6.07) is 5.77. The molecule has 0 saturated carbocycles. The third kappa shape index (κ3) is 3.11. The summed E-state index contributed by atoms with van der Waals surface area (Å²) in [5.74, 6) is -1.71. The van der Waals surface area contributed by atoms with E-state index in [4.69, 9.17) is 5.73 Å². The van der Waals surface area contributed by atoms with Gasteiger partial charge in [0, 0.05) is 22.7 Å². The maximum absolute atomic E-state index is 13.2. The summed E-state index contributed by atoms with van der Waals surface area (Å²) < 4.78 is 26.1. The van der Waals surface area contributed by atoms with E-state index in [9.17, 15) is 8.78 Å². The molecule has 0 unspecified atom stereocenters. The zero-order valence-electron chi connectivity index (χ0n) is 10.7. The van der Waals surface area contributed by atoms with Gasteiger partial charge >= 0.3 is 0 Å². The van der Waals surface area contributed by atoms with Crippen LogP contribution in [-0.4, -0.2) is 4.98 Å². The Hall–Kier alpha value is -1.46. The lowest BCUT2D eigenvalue weighted by Gasteiger charge is -2.11. The van der Waals surface area contributed by atoms with Crippen LogP contribution in [0.1, 0.15) is 16.8 Å². The van der Waals surface area contributed by atoms with Crippen molar-refractivity contribution in [1.82, 2.24) is 4.98 Å². The molecule has 1 aromatic carbocycles. The van der Waals surface area contributed by atoms with E-state index in [0.717, 1.165) is 27.9 Å². The van der Waals surface area contributed by atoms with Crippen molar-refractivity contribution in [2.45, 2.75) is 30.3 Å². The van der Waals surface area contributed by atoms with Gasteiger partial charge in [0.25, 0.3) is 0 Å². The minimum atomic E-state index is -0.858. The molecule has 2 aromatic rings. The molecule has 100 valence electrons. The van der Waals surface area contributed by atoms with Crippen LogP contribution in [0.25, 0.3) is 0 Å². The van der Waals surface area contributed by atoms with Crippen LogP contribution in [0.15, 0.2) is 34.2 Å². The standard InChI is InChI=1S/C14H14F2N2S/c1-8-5-9(2)18-14(11(8)7-17)19-10-3-4-12(15)13(16)6-10/h3-6H,7,17H2,1-2H3. The van der Waals surface area contributed by atoms with Crippen molar-refractivity contribution < 1.29 is 8.78 Å². The molecule has 0 fully saturated rings. The van der Waals surface area contributed by atoms with E-state index >= 15 is 0 Å². The first-order chi connectivity index (χ1) is 9.01. The average Bonchev–Trinajstić information content (AvgIpc) is 2.33. The fourth-order valence-electron chi connectivity index (χ4n) is 1.81. The summed E-state index contributed by atoms with van der Waals surface area (Å²) in [7, 11) is 0. The van der Waals surface area contributed by atoms with Crippen molar-refractivity contribution in [2.24, 2.45) is 5.73 Å². The second kappa shape index (κ2) is 5.67. The van der Waals surface area contributed by atoms with Crippen molar-refractivity contribution in [2.75, 3.05) is 0 Å². The highest BCUT2D eigenvalue weighted by Gasteiger charge is 2.11. The number of hydrogen-bond acceptors (Lipinski definition) is 3. The number of benzene rings is 1. The lowest BCUT2D eigenvalue weighted by atomic mass is 10.1. The predicted octanol–water partition coefficient (Wildman–Crippen LogP) is 3.59. The van der Waals surface area contributed by atoms with Gasteiger partial charge in [-0.15, -0.1) is 0 Å².